The van der Waals surface area contributed by atoms with Crippen LogP contribution < -0.4 is 0 Å². The summed E-state index contributed by atoms with van der Waals surface area (Å²) in [5.41, 5.74) is 23.6. The Kier molecular flexibility index (Phi) is 10.8. The summed E-state index contributed by atoms with van der Waals surface area (Å²) < 4.78 is 4.82. The molecular weight excluding hydrogens is 907 g/mol. The first-order valence-electron chi connectivity index (χ1n) is 26.8. The van der Waals surface area contributed by atoms with Gasteiger partial charge in [-0.2, -0.15) is 0 Å². The molecule has 3 nitrogen and oxygen atoms in total. The van der Waals surface area contributed by atoms with Crippen LogP contribution in [0.15, 0.2) is 248 Å². The number of para-hydroxylation sites is 4. The molecule has 2 aliphatic rings. The molecule has 2 unspecified atom stereocenters. The highest BCUT2D eigenvalue weighted by Crippen LogP contribution is 2.56. The van der Waals surface area contributed by atoms with Crippen molar-refractivity contribution in [1.29, 1.82) is 0 Å². The van der Waals surface area contributed by atoms with E-state index in [1.54, 1.807) is 0 Å². The molecule has 12 aromatic rings. The van der Waals surface area contributed by atoms with Gasteiger partial charge in [0.25, 0.3) is 0 Å². The van der Waals surface area contributed by atoms with E-state index in [4.69, 9.17) is 4.99 Å². The van der Waals surface area contributed by atoms with Crippen molar-refractivity contribution >= 4 is 54.9 Å². The number of fused-ring (bicyclic) bond motifs is 9. The second-order valence-corrected chi connectivity index (χ2v) is 21.2. The summed E-state index contributed by atoms with van der Waals surface area (Å²) in [6.45, 7) is 7.28. The standard InChI is InChI=1S/C72H57N3/c1-4-55-56(32-21-33-65(47-22-9-5-10-23-47)73-71(55)48-24-11-6-12-25-48)62-44-52(50-38-41-69-61(43-50)58-31-18-20-35-67(58)75(69)54-28-15-8-16-29-54)46-64-70(62)59-39-36-51(45-63(59)72(64,2)3)49-37-40-68-60(42-49)57-30-17-19-34-66(57)74(68)53-26-13-7-14-27-53/h5-20,22-32,34-46,55,71H,4,21,33H2,1-3H3. The molecule has 75 heavy (non-hydrogen) atoms. The summed E-state index contributed by atoms with van der Waals surface area (Å²) in [4.78, 5) is 5.82. The lowest BCUT2D eigenvalue weighted by atomic mass is 9.76. The van der Waals surface area contributed by atoms with Gasteiger partial charge in [0, 0.05) is 50.0 Å². The number of hydrogen-bond donors (Lipinski definition) is 0. The third-order valence-electron chi connectivity index (χ3n) is 16.6. The second-order valence-electron chi connectivity index (χ2n) is 21.2. The van der Waals surface area contributed by atoms with Crippen LogP contribution in [0.5, 0.6) is 0 Å². The lowest BCUT2D eigenvalue weighted by Crippen LogP contribution is -2.19. The Balaban J connectivity index is 0.966. The first-order chi connectivity index (χ1) is 36.9. The van der Waals surface area contributed by atoms with Gasteiger partial charge in [0.1, 0.15) is 0 Å². The Morgan fingerprint density at radius 1 is 0.440 bits per heavy atom. The lowest BCUT2D eigenvalue weighted by molar-refractivity contribution is 0.519. The molecule has 1 aliphatic carbocycles. The fraction of sp³-hybridized carbons (Fsp3) is 0.125. The number of aliphatic imine (C=N–C) groups is 1. The highest BCUT2D eigenvalue weighted by molar-refractivity contribution is 6.12. The third kappa shape index (κ3) is 7.36. The molecule has 0 saturated heterocycles. The quantitative estimate of drug-likeness (QED) is 0.145. The van der Waals surface area contributed by atoms with Gasteiger partial charge in [0.2, 0.25) is 0 Å². The highest BCUT2D eigenvalue weighted by Gasteiger charge is 2.40. The lowest BCUT2D eigenvalue weighted by Gasteiger charge is -2.31. The van der Waals surface area contributed by atoms with Gasteiger partial charge in [-0.1, -0.05) is 185 Å². The maximum absolute atomic E-state index is 5.82. The van der Waals surface area contributed by atoms with Crippen molar-refractivity contribution in [1.82, 2.24) is 9.13 Å². The zero-order chi connectivity index (χ0) is 50.2. The van der Waals surface area contributed by atoms with E-state index in [9.17, 15) is 0 Å². The number of aromatic nitrogens is 2. The van der Waals surface area contributed by atoms with E-state index in [-0.39, 0.29) is 17.4 Å². The molecule has 360 valence electrons. The maximum atomic E-state index is 5.82. The van der Waals surface area contributed by atoms with E-state index >= 15 is 0 Å². The number of hydrogen-bond acceptors (Lipinski definition) is 1. The molecule has 0 bridgehead atoms. The van der Waals surface area contributed by atoms with Crippen molar-refractivity contribution in [3.05, 3.63) is 270 Å². The van der Waals surface area contributed by atoms with Gasteiger partial charge in [0.05, 0.1) is 28.1 Å². The molecule has 0 N–H and O–H groups in total. The molecule has 0 radical (unpaired) electrons. The average molecular weight is 964 g/mol. The third-order valence-corrected chi connectivity index (χ3v) is 16.6. The van der Waals surface area contributed by atoms with Crippen LogP contribution in [-0.2, 0) is 5.41 Å². The number of allylic oxidation sites excluding steroid dienone is 1. The molecule has 0 spiro atoms. The minimum absolute atomic E-state index is 0.0586. The molecular formula is C72H57N3. The molecule has 3 heteroatoms. The Morgan fingerprint density at radius 3 is 1.53 bits per heavy atom. The van der Waals surface area contributed by atoms with Crippen molar-refractivity contribution in [2.75, 3.05) is 0 Å². The van der Waals surface area contributed by atoms with E-state index in [0.717, 1.165) is 19.3 Å². The molecule has 1 aliphatic heterocycles. The summed E-state index contributed by atoms with van der Waals surface area (Å²) in [5.74, 6) is 0.133. The van der Waals surface area contributed by atoms with Gasteiger partial charge in [-0.15, -0.1) is 0 Å². The maximum Gasteiger partial charge on any atom is 0.0820 e. The largest absolute Gasteiger partial charge is 0.309 e. The zero-order valence-electron chi connectivity index (χ0n) is 42.7. The minimum Gasteiger partial charge on any atom is -0.309 e. The van der Waals surface area contributed by atoms with Crippen molar-refractivity contribution < 1.29 is 0 Å². The number of rotatable bonds is 8. The average Bonchev–Trinajstić information content (AvgIpc) is 4.10. The second kappa shape index (κ2) is 18.0. The summed E-state index contributed by atoms with van der Waals surface area (Å²) in [6, 6.07) is 87.7. The summed E-state index contributed by atoms with van der Waals surface area (Å²) in [5, 5.41) is 5.04. The van der Waals surface area contributed by atoms with E-state index in [2.05, 4.69) is 273 Å². The molecule has 10 aromatic carbocycles. The van der Waals surface area contributed by atoms with Crippen molar-refractivity contribution in [3.8, 4) is 44.8 Å². The summed E-state index contributed by atoms with van der Waals surface area (Å²) in [7, 11) is 0. The SMILES string of the molecule is CCC1C(c2cc(-c3ccc4c(c3)c3ccccc3n4-c3ccccc3)cc3c2-c2ccc(-c4ccc5c(c4)c4ccccc4n5-c4ccccc4)cc2C3(C)C)=CCCC(c2ccccc2)=NC1c1ccccc1. The van der Waals surface area contributed by atoms with E-state index in [1.165, 1.54) is 127 Å². The van der Waals surface area contributed by atoms with E-state index < -0.39 is 0 Å². The van der Waals surface area contributed by atoms with Gasteiger partial charge in [-0.25, -0.2) is 0 Å². The molecule has 2 aromatic heterocycles. The Labute approximate surface area is 439 Å². The Bertz CT molecular complexity index is 4230. The summed E-state index contributed by atoms with van der Waals surface area (Å²) >= 11 is 0. The van der Waals surface area contributed by atoms with Crippen LogP contribution in [0.25, 0.3) is 93.9 Å². The molecule has 14 rings (SSSR count). The van der Waals surface area contributed by atoms with Crippen LogP contribution >= 0.6 is 0 Å². The fourth-order valence-corrected chi connectivity index (χ4v) is 13.0. The van der Waals surface area contributed by atoms with E-state index in [1.807, 2.05) is 0 Å². The minimum atomic E-state index is -0.298. The molecule has 0 fully saturated rings. The monoisotopic (exact) mass is 963 g/mol. The van der Waals surface area contributed by atoms with Crippen LogP contribution in [0.1, 0.15) is 73.9 Å². The van der Waals surface area contributed by atoms with Crippen LogP contribution in [0.3, 0.4) is 0 Å². The fourth-order valence-electron chi connectivity index (χ4n) is 13.0. The first kappa shape index (κ1) is 44.9. The smallest absolute Gasteiger partial charge is 0.0820 e. The van der Waals surface area contributed by atoms with Crippen LogP contribution in [0.4, 0.5) is 0 Å². The van der Waals surface area contributed by atoms with Crippen molar-refractivity contribution in [2.24, 2.45) is 10.9 Å². The summed E-state index contributed by atoms with van der Waals surface area (Å²) in [6.07, 6.45) is 5.32. The normalized spacial score (nSPS) is 16.1. The molecule has 0 amide bonds. The number of benzene rings is 10. The van der Waals surface area contributed by atoms with Gasteiger partial charge < -0.3 is 9.13 Å². The Hall–Kier alpha value is -8.79. The van der Waals surface area contributed by atoms with Gasteiger partial charge in [-0.3, -0.25) is 4.99 Å². The van der Waals surface area contributed by atoms with Crippen LogP contribution in [0, 0.1) is 5.92 Å². The van der Waals surface area contributed by atoms with Crippen molar-refractivity contribution in [2.45, 2.75) is 51.5 Å². The molecule has 3 heterocycles. The van der Waals surface area contributed by atoms with E-state index in [0.29, 0.717) is 0 Å². The first-order valence-corrected chi connectivity index (χ1v) is 26.8. The van der Waals surface area contributed by atoms with Crippen molar-refractivity contribution in [3.63, 3.8) is 0 Å². The predicted molar refractivity (Wildman–Crippen MR) is 317 cm³/mol. The Morgan fingerprint density at radius 2 is 0.933 bits per heavy atom. The van der Waals surface area contributed by atoms with Gasteiger partial charge in [0.15, 0.2) is 0 Å². The van der Waals surface area contributed by atoms with Gasteiger partial charge in [-0.05, 0) is 165 Å². The number of nitrogens with zero attached hydrogens (tertiary/aromatic N) is 3. The van der Waals surface area contributed by atoms with Crippen LogP contribution in [0.2, 0.25) is 0 Å². The zero-order valence-corrected chi connectivity index (χ0v) is 42.7. The topological polar surface area (TPSA) is 22.2 Å². The molecule has 0 saturated carbocycles. The van der Waals surface area contributed by atoms with Gasteiger partial charge >= 0.3 is 0 Å². The molecule has 2 atom stereocenters. The highest BCUT2D eigenvalue weighted by atomic mass is 15.0. The van der Waals surface area contributed by atoms with Crippen LogP contribution in [-0.4, -0.2) is 14.8 Å². The predicted octanol–water partition coefficient (Wildman–Crippen LogP) is 19.0.